The highest BCUT2D eigenvalue weighted by molar-refractivity contribution is 7.96. The third-order valence-electron chi connectivity index (χ3n) is 9.08. The average Bonchev–Trinajstić information content (AvgIpc) is 3.92. The number of imidazole rings is 2. The number of carboxylic acids is 2. The summed E-state index contributed by atoms with van der Waals surface area (Å²) in [5.41, 5.74) is 24.2. The number of fused-ring (bicyclic) bond motifs is 2. The molecule has 4 aromatic heterocycles. The summed E-state index contributed by atoms with van der Waals surface area (Å²) in [5.74, 6) is 0.509. The molecule has 0 aliphatic carbocycles. The number of ether oxygens (including phenoxy) is 2. The molecule has 29 heteroatoms. The summed E-state index contributed by atoms with van der Waals surface area (Å²) < 4.78 is 48.9. The number of nitrogens with zero attached hydrogens (tertiary/aromatic N) is 8. The number of hydrogen-bond acceptors (Lipinski definition) is 22. The van der Waals surface area contributed by atoms with E-state index in [1.54, 1.807) is 0 Å². The maximum atomic E-state index is 10.8. The summed E-state index contributed by atoms with van der Waals surface area (Å²) in [6.45, 7) is 0. The lowest BCUT2D eigenvalue weighted by atomic mass is 10.1. The van der Waals surface area contributed by atoms with Gasteiger partial charge in [-0.05, 0) is 21.8 Å². The number of aliphatic hydroxyl groups is 4. The van der Waals surface area contributed by atoms with Crippen LogP contribution in [0.4, 0.5) is 11.6 Å². The number of carbonyl (C=O) groups is 2. The van der Waals surface area contributed by atoms with Crippen molar-refractivity contribution in [1.82, 2.24) is 39.0 Å². The largest absolute Gasteiger partial charge is 0.759 e. The fourth-order valence-electron chi connectivity index (χ4n) is 5.94. The topological polar surface area (TPSA) is 446 Å². The molecule has 26 nitrogen and oxygen atoms in total. The van der Waals surface area contributed by atoms with E-state index in [0.717, 1.165) is 0 Å². The van der Waals surface area contributed by atoms with Crippen LogP contribution in [0, 0.1) is 0 Å². The van der Waals surface area contributed by atoms with Crippen molar-refractivity contribution in [1.29, 1.82) is 0 Å². The molecule has 12 atom stereocenters. The SMILES string of the molecule is C[S+](CCC(N)C(=O)O)C[C@H]1O[C@@H](n2cnc3c(N)ncnc32)[C@H](O)[C@@H]1O.C[S+](CCC(N)C(=O)O)C[C@H]1O[C@@H](n2cnc3c(N)ncnc32)[C@H](O)[C@@H]1O.O=S(=O)([O-])[O-]. The van der Waals surface area contributed by atoms with Gasteiger partial charge in [-0.2, -0.15) is 0 Å². The summed E-state index contributed by atoms with van der Waals surface area (Å²) >= 11 is 0. The molecule has 4 unspecified atom stereocenters. The summed E-state index contributed by atoms with van der Waals surface area (Å²) in [5, 5.41) is 59.4. The normalized spacial score (nSPS) is 26.3. The van der Waals surface area contributed by atoms with Gasteiger partial charge in [0.25, 0.3) is 0 Å². The van der Waals surface area contributed by atoms with E-state index in [-0.39, 0.29) is 33.4 Å². The van der Waals surface area contributed by atoms with Gasteiger partial charge in [-0.3, -0.25) is 27.1 Å². The van der Waals surface area contributed by atoms with Crippen LogP contribution < -0.4 is 22.9 Å². The van der Waals surface area contributed by atoms with Crippen molar-refractivity contribution < 1.29 is 67.2 Å². The van der Waals surface area contributed by atoms with Crippen LogP contribution >= 0.6 is 0 Å². The van der Waals surface area contributed by atoms with E-state index >= 15 is 0 Å². The molecular formula is C30H46N12O14S3. The van der Waals surface area contributed by atoms with E-state index in [0.29, 0.717) is 58.2 Å². The van der Waals surface area contributed by atoms with Crippen molar-refractivity contribution in [2.75, 3.05) is 47.0 Å². The molecule has 0 radical (unpaired) electrons. The molecule has 6 heterocycles. The molecule has 0 amide bonds. The number of aliphatic carboxylic acids is 2. The van der Waals surface area contributed by atoms with Gasteiger partial charge < -0.3 is 72.2 Å². The Balaban J connectivity index is 0.000000234. The van der Waals surface area contributed by atoms with Crippen molar-refractivity contribution in [3.63, 3.8) is 0 Å². The van der Waals surface area contributed by atoms with Crippen LogP contribution in [0.5, 0.6) is 0 Å². The van der Waals surface area contributed by atoms with E-state index < -0.39 is 83.5 Å². The fourth-order valence-corrected chi connectivity index (χ4v) is 9.26. The lowest BCUT2D eigenvalue weighted by molar-refractivity contribution is -0.139. The second-order valence-electron chi connectivity index (χ2n) is 13.4. The predicted octanol–water partition coefficient (Wildman–Crippen LogP) is -5.18. The highest BCUT2D eigenvalue weighted by Gasteiger charge is 2.48. The average molecular weight is 895 g/mol. The minimum Gasteiger partial charge on any atom is -0.759 e. The van der Waals surface area contributed by atoms with Crippen molar-refractivity contribution in [3.8, 4) is 0 Å². The second kappa shape index (κ2) is 20.4. The Bertz CT molecular complexity index is 2010. The van der Waals surface area contributed by atoms with Crippen molar-refractivity contribution >= 4 is 78.1 Å². The maximum Gasteiger partial charge on any atom is 0.320 e. The minimum atomic E-state index is -5.17. The summed E-state index contributed by atoms with van der Waals surface area (Å²) in [7, 11) is -5.64. The highest BCUT2D eigenvalue weighted by Crippen LogP contribution is 2.34. The number of anilines is 2. The molecule has 6 rings (SSSR count). The lowest BCUT2D eigenvalue weighted by Gasteiger charge is -2.16. The Kier molecular flexibility index (Phi) is 16.5. The molecule has 0 bridgehead atoms. The van der Waals surface area contributed by atoms with Gasteiger partial charge in [0.2, 0.25) is 0 Å². The Morgan fingerprint density at radius 1 is 0.712 bits per heavy atom. The molecule has 2 aliphatic heterocycles. The molecule has 59 heavy (non-hydrogen) atoms. The molecular weight excluding hydrogens is 849 g/mol. The Labute approximate surface area is 341 Å². The van der Waals surface area contributed by atoms with E-state index in [2.05, 4.69) is 29.9 Å². The second-order valence-corrected chi connectivity index (χ2v) is 18.9. The van der Waals surface area contributed by atoms with Gasteiger partial charge >= 0.3 is 11.9 Å². The standard InChI is InChI=1S/2C15H22N6O5S.H2O4S/c2*1-27(3-2-7(16)15(24)25)4-8-10(22)11(23)14(26-8)21-6-20-9-12(17)18-5-19-13(9)21;1-5(2,3)4/h2*5-8,10-11,14,22-23H,2-4,16H2,1H3,(H2-,17,18,19,24,25);(H2,1,2,3,4)/t2*7?,8-,10-,11-,14-,27?;/m11./s1. The monoisotopic (exact) mass is 894 g/mol. The first kappa shape index (κ1) is 47.6. The quantitative estimate of drug-likeness (QED) is 0.0321. The molecule has 2 saturated heterocycles. The van der Waals surface area contributed by atoms with Crippen molar-refractivity contribution in [2.45, 2.75) is 74.0 Å². The first-order valence-corrected chi connectivity index (χ1v) is 22.6. The van der Waals surface area contributed by atoms with Crippen LogP contribution in [0.15, 0.2) is 25.3 Å². The summed E-state index contributed by atoms with van der Waals surface area (Å²) in [4.78, 5) is 45.9. The van der Waals surface area contributed by atoms with E-state index in [1.165, 1.54) is 34.4 Å². The van der Waals surface area contributed by atoms with Crippen molar-refractivity contribution in [3.05, 3.63) is 25.3 Å². The molecule has 328 valence electrons. The number of hydrogen-bond donors (Lipinski definition) is 10. The van der Waals surface area contributed by atoms with Gasteiger partial charge in [0, 0.05) is 23.2 Å². The molecule has 4 aromatic rings. The number of carboxylic acid groups (broad SMARTS) is 2. The smallest absolute Gasteiger partial charge is 0.320 e. The Morgan fingerprint density at radius 3 is 1.37 bits per heavy atom. The van der Waals surface area contributed by atoms with E-state index in [4.69, 9.17) is 60.1 Å². The summed E-state index contributed by atoms with van der Waals surface area (Å²) in [6, 6.07) is -1.81. The van der Waals surface area contributed by atoms with Gasteiger partial charge in [0.05, 0.1) is 25.2 Å². The predicted molar refractivity (Wildman–Crippen MR) is 208 cm³/mol. The number of aromatic nitrogens is 8. The Hall–Kier alpha value is -4.11. The zero-order valence-corrected chi connectivity index (χ0v) is 33.8. The molecule has 2 fully saturated rings. The van der Waals surface area contributed by atoms with Crippen LogP contribution in [0.3, 0.4) is 0 Å². The van der Waals surface area contributed by atoms with Crippen LogP contribution in [0.2, 0.25) is 0 Å². The van der Waals surface area contributed by atoms with Gasteiger partial charge in [0.15, 0.2) is 35.4 Å². The summed E-state index contributed by atoms with van der Waals surface area (Å²) in [6.07, 6.45) is 2.62. The first-order valence-electron chi connectivity index (χ1n) is 17.3. The third-order valence-corrected chi connectivity index (χ3v) is 12.7. The lowest BCUT2D eigenvalue weighted by Crippen LogP contribution is -2.37. The molecule has 0 saturated carbocycles. The van der Waals surface area contributed by atoms with Gasteiger partial charge in [-0.25, -0.2) is 29.9 Å². The number of rotatable bonds is 14. The zero-order valence-electron chi connectivity index (χ0n) is 31.4. The molecule has 14 N–H and O–H groups in total. The van der Waals surface area contributed by atoms with Crippen molar-refractivity contribution in [2.24, 2.45) is 11.5 Å². The molecule has 0 spiro atoms. The van der Waals surface area contributed by atoms with Crippen LogP contribution in [0.25, 0.3) is 22.3 Å². The highest BCUT2D eigenvalue weighted by atomic mass is 32.3. The van der Waals surface area contributed by atoms with E-state index in [9.17, 15) is 30.0 Å². The molecule has 2 aliphatic rings. The van der Waals surface area contributed by atoms with Crippen LogP contribution in [0.1, 0.15) is 25.3 Å². The van der Waals surface area contributed by atoms with E-state index in [1.807, 2.05) is 12.5 Å². The Morgan fingerprint density at radius 2 is 1.05 bits per heavy atom. The van der Waals surface area contributed by atoms with Gasteiger partial charge in [0.1, 0.15) is 95.4 Å². The minimum absolute atomic E-state index is 0.216. The maximum absolute atomic E-state index is 10.8. The number of aliphatic hydroxyl groups excluding tert-OH is 4. The number of nitrogens with two attached hydrogens (primary N) is 4. The zero-order chi connectivity index (χ0) is 43.9. The fraction of sp³-hybridized carbons (Fsp3) is 0.600. The van der Waals surface area contributed by atoms with Gasteiger partial charge in [-0.15, -0.1) is 0 Å². The third kappa shape index (κ3) is 12.5. The van der Waals surface area contributed by atoms with Gasteiger partial charge in [-0.1, -0.05) is 0 Å². The number of nitrogen functional groups attached to an aromatic ring is 2. The first-order chi connectivity index (χ1) is 27.6. The molecule has 0 aromatic carbocycles. The van der Waals surface area contributed by atoms with Crippen LogP contribution in [-0.2, 0) is 51.3 Å². The van der Waals surface area contributed by atoms with Crippen LogP contribution in [-0.4, -0.2) is 183 Å².